The van der Waals surface area contributed by atoms with E-state index in [1.165, 1.54) is 0 Å². The summed E-state index contributed by atoms with van der Waals surface area (Å²) in [7, 11) is 0. The van der Waals surface area contributed by atoms with E-state index in [1.54, 1.807) is 30.5 Å². The van der Waals surface area contributed by atoms with E-state index in [9.17, 15) is 4.79 Å². The average molecular weight is 409 g/mol. The van der Waals surface area contributed by atoms with Gasteiger partial charge in [0.2, 0.25) is 0 Å². The van der Waals surface area contributed by atoms with Crippen molar-refractivity contribution >= 4 is 45.3 Å². The number of carbonyl (C=O) groups excluding carboxylic acids is 1. The summed E-state index contributed by atoms with van der Waals surface area (Å²) in [5.41, 5.74) is 5.06. The zero-order chi connectivity index (χ0) is 17.5. The van der Waals surface area contributed by atoms with E-state index in [1.807, 2.05) is 18.2 Å². The fourth-order valence-electron chi connectivity index (χ4n) is 2.26. The maximum absolute atomic E-state index is 12.0. The van der Waals surface area contributed by atoms with E-state index in [4.69, 9.17) is 11.6 Å². The van der Waals surface area contributed by atoms with Gasteiger partial charge in [-0.05, 0) is 71.7 Å². The lowest BCUT2D eigenvalue weighted by Gasteiger charge is -2.22. The van der Waals surface area contributed by atoms with Gasteiger partial charge in [-0.1, -0.05) is 17.7 Å². The molecule has 0 aliphatic carbocycles. The van der Waals surface area contributed by atoms with Crippen molar-refractivity contribution in [2.24, 2.45) is 5.10 Å². The van der Waals surface area contributed by atoms with Crippen LogP contribution in [0, 0.1) is 0 Å². The van der Waals surface area contributed by atoms with Gasteiger partial charge in [0.1, 0.15) is 0 Å². The van der Waals surface area contributed by atoms with Crippen LogP contribution < -0.4 is 10.3 Å². The molecule has 0 saturated heterocycles. The van der Waals surface area contributed by atoms with Gasteiger partial charge in [-0.25, -0.2) is 5.43 Å². The second-order valence-corrected chi connectivity index (χ2v) is 6.38. The summed E-state index contributed by atoms with van der Waals surface area (Å²) in [4.78, 5) is 14.2. The summed E-state index contributed by atoms with van der Waals surface area (Å²) in [5.74, 6) is -0.276. The molecule has 0 spiro atoms. The standard InChI is InChI=1S/C18H19BrClN3O/c1-3-23(4-2)17-10-5-13(11-16(17)19)12-21-22-18(24)14-6-8-15(20)9-7-14/h5-12H,3-4H2,1-2H3,(H,22,24)/b21-12-. The highest BCUT2D eigenvalue weighted by molar-refractivity contribution is 9.10. The van der Waals surface area contributed by atoms with E-state index < -0.39 is 0 Å². The van der Waals surface area contributed by atoms with Crippen LogP contribution >= 0.6 is 27.5 Å². The molecular formula is C18H19BrClN3O. The molecule has 0 radical (unpaired) electrons. The molecule has 0 unspecified atom stereocenters. The van der Waals surface area contributed by atoms with E-state index in [2.05, 4.69) is 45.2 Å². The highest BCUT2D eigenvalue weighted by Gasteiger charge is 2.07. The Morgan fingerprint density at radius 1 is 1.21 bits per heavy atom. The second kappa shape index (κ2) is 8.85. The number of benzene rings is 2. The van der Waals surface area contributed by atoms with Crippen LogP contribution in [0.1, 0.15) is 29.8 Å². The molecule has 2 aromatic carbocycles. The largest absolute Gasteiger partial charge is 0.371 e. The smallest absolute Gasteiger partial charge is 0.271 e. The van der Waals surface area contributed by atoms with Crippen LogP contribution in [0.25, 0.3) is 0 Å². The molecule has 0 heterocycles. The molecular weight excluding hydrogens is 390 g/mol. The maximum Gasteiger partial charge on any atom is 0.271 e. The van der Waals surface area contributed by atoms with Crippen LogP contribution in [0.4, 0.5) is 5.69 Å². The predicted molar refractivity (Wildman–Crippen MR) is 104 cm³/mol. The Labute approximate surface area is 155 Å². The van der Waals surface area contributed by atoms with Crippen molar-refractivity contribution in [1.82, 2.24) is 5.43 Å². The Hall–Kier alpha value is -1.85. The molecule has 2 rings (SSSR count). The van der Waals surface area contributed by atoms with E-state index in [0.717, 1.165) is 28.8 Å². The molecule has 0 saturated carbocycles. The number of rotatable bonds is 6. The SMILES string of the molecule is CCN(CC)c1ccc(/C=N\NC(=O)c2ccc(Cl)cc2)cc1Br. The molecule has 1 N–H and O–H groups in total. The van der Waals surface area contributed by atoms with Gasteiger partial charge in [0, 0.05) is 28.1 Å². The number of carbonyl (C=O) groups is 1. The number of hydrogen-bond acceptors (Lipinski definition) is 3. The minimum atomic E-state index is -0.276. The molecule has 0 aliphatic rings. The minimum Gasteiger partial charge on any atom is -0.371 e. The van der Waals surface area contributed by atoms with Crippen molar-refractivity contribution in [2.45, 2.75) is 13.8 Å². The number of nitrogens with zero attached hydrogens (tertiary/aromatic N) is 2. The van der Waals surface area contributed by atoms with Crippen LogP contribution in [-0.2, 0) is 0 Å². The lowest BCUT2D eigenvalue weighted by atomic mass is 10.2. The molecule has 0 aromatic heterocycles. The number of anilines is 1. The first kappa shape index (κ1) is 18.5. The molecule has 0 aliphatic heterocycles. The Kier molecular flexibility index (Phi) is 6.82. The highest BCUT2D eigenvalue weighted by Crippen LogP contribution is 2.26. The summed E-state index contributed by atoms with van der Waals surface area (Å²) >= 11 is 9.39. The third-order valence-electron chi connectivity index (χ3n) is 3.56. The van der Waals surface area contributed by atoms with Crippen molar-refractivity contribution in [1.29, 1.82) is 0 Å². The zero-order valence-corrected chi connectivity index (χ0v) is 15.9. The second-order valence-electron chi connectivity index (χ2n) is 5.09. The van der Waals surface area contributed by atoms with Crippen molar-refractivity contribution in [3.63, 3.8) is 0 Å². The Balaban J connectivity index is 2.03. The van der Waals surface area contributed by atoms with E-state index in [0.29, 0.717) is 10.6 Å². The van der Waals surface area contributed by atoms with Crippen molar-refractivity contribution in [2.75, 3.05) is 18.0 Å². The maximum atomic E-state index is 12.0. The number of amides is 1. The Morgan fingerprint density at radius 3 is 2.46 bits per heavy atom. The first-order valence-electron chi connectivity index (χ1n) is 7.68. The third-order valence-corrected chi connectivity index (χ3v) is 4.45. The summed E-state index contributed by atoms with van der Waals surface area (Å²) in [6.07, 6.45) is 1.62. The quantitative estimate of drug-likeness (QED) is 0.555. The van der Waals surface area contributed by atoms with Gasteiger partial charge in [-0.2, -0.15) is 5.10 Å². The van der Waals surface area contributed by atoms with Gasteiger partial charge in [-0.3, -0.25) is 4.79 Å². The summed E-state index contributed by atoms with van der Waals surface area (Å²) in [5, 5.41) is 4.60. The fourth-order valence-corrected chi connectivity index (χ4v) is 3.03. The molecule has 126 valence electrons. The molecule has 0 bridgehead atoms. The number of hydrogen-bond donors (Lipinski definition) is 1. The molecule has 2 aromatic rings. The number of nitrogens with one attached hydrogen (secondary N) is 1. The summed E-state index contributed by atoms with van der Waals surface area (Å²) < 4.78 is 0.999. The number of hydrazone groups is 1. The molecule has 1 amide bonds. The zero-order valence-electron chi connectivity index (χ0n) is 13.6. The van der Waals surface area contributed by atoms with Gasteiger partial charge in [-0.15, -0.1) is 0 Å². The summed E-state index contributed by atoms with van der Waals surface area (Å²) in [6, 6.07) is 12.6. The molecule has 24 heavy (non-hydrogen) atoms. The first-order chi connectivity index (χ1) is 11.5. The lowest BCUT2D eigenvalue weighted by molar-refractivity contribution is 0.0955. The van der Waals surface area contributed by atoms with Crippen LogP contribution in [0.3, 0.4) is 0 Å². The fraction of sp³-hybridized carbons (Fsp3) is 0.222. The van der Waals surface area contributed by atoms with E-state index in [-0.39, 0.29) is 5.91 Å². The molecule has 0 fully saturated rings. The monoisotopic (exact) mass is 407 g/mol. The number of halogens is 2. The van der Waals surface area contributed by atoms with Crippen LogP contribution in [0.2, 0.25) is 5.02 Å². The minimum absolute atomic E-state index is 0.276. The van der Waals surface area contributed by atoms with Gasteiger partial charge in [0.05, 0.1) is 11.9 Å². The lowest BCUT2D eigenvalue weighted by Crippen LogP contribution is -2.22. The van der Waals surface area contributed by atoms with Gasteiger partial charge >= 0.3 is 0 Å². The van der Waals surface area contributed by atoms with Crippen molar-refractivity contribution in [3.05, 3.63) is 63.1 Å². The van der Waals surface area contributed by atoms with Crippen LogP contribution in [0.15, 0.2) is 52.0 Å². The van der Waals surface area contributed by atoms with Crippen LogP contribution in [-0.4, -0.2) is 25.2 Å². The predicted octanol–water partition coefficient (Wildman–Crippen LogP) is 4.71. The third kappa shape index (κ3) is 4.82. The highest BCUT2D eigenvalue weighted by atomic mass is 79.9. The Bertz CT molecular complexity index is 728. The molecule has 0 atom stereocenters. The normalized spacial score (nSPS) is 10.8. The van der Waals surface area contributed by atoms with E-state index >= 15 is 0 Å². The first-order valence-corrected chi connectivity index (χ1v) is 8.85. The topological polar surface area (TPSA) is 44.7 Å². The van der Waals surface area contributed by atoms with Crippen molar-refractivity contribution in [3.8, 4) is 0 Å². The van der Waals surface area contributed by atoms with Crippen molar-refractivity contribution < 1.29 is 4.79 Å². The van der Waals surface area contributed by atoms with Gasteiger partial charge in [0.15, 0.2) is 0 Å². The summed E-state index contributed by atoms with van der Waals surface area (Å²) in [6.45, 7) is 6.13. The molecule has 4 nitrogen and oxygen atoms in total. The van der Waals surface area contributed by atoms with Gasteiger partial charge < -0.3 is 4.90 Å². The molecule has 6 heteroatoms. The average Bonchev–Trinajstić information content (AvgIpc) is 2.58. The van der Waals surface area contributed by atoms with Gasteiger partial charge in [0.25, 0.3) is 5.91 Å². The van der Waals surface area contributed by atoms with Crippen LogP contribution in [0.5, 0.6) is 0 Å². The Morgan fingerprint density at radius 2 is 1.88 bits per heavy atom.